The topological polar surface area (TPSA) is 145 Å². The molecule has 10 nitrogen and oxygen atoms in total. The molecule has 284 valence electrons. The minimum atomic E-state index is -6.60. The van der Waals surface area contributed by atoms with Crippen molar-refractivity contribution in [2.24, 2.45) is 11.3 Å². The van der Waals surface area contributed by atoms with E-state index in [1.807, 2.05) is 24.3 Å². The van der Waals surface area contributed by atoms with E-state index in [1.54, 1.807) is 34.6 Å². The van der Waals surface area contributed by atoms with Crippen molar-refractivity contribution in [2.45, 2.75) is 109 Å². The van der Waals surface area contributed by atoms with Crippen LogP contribution >= 0.6 is 0 Å². The number of benzene rings is 2. The molecule has 1 aliphatic carbocycles. The second-order valence-electron chi connectivity index (χ2n) is 14.4. The molecule has 1 unspecified atom stereocenters. The molecular formula is C36H42F6N4O6. The minimum Gasteiger partial charge on any atom is -0.477 e. The van der Waals surface area contributed by atoms with Crippen molar-refractivity contribution in [3.8, 4) is 0 Å². The molecule has 0 fully saturated rings. The first-order valence-corrected chi connectivity index (χ1v) is 16.8. The molecule has 2 aromatic carbocycles. The molecule has 16 heteroatoms. The summed E-state index contributed by atoms with van der Waals surface area (Å²) in [5.74, 6) is -27.5. The van der Waals surface area contributed by atoms with Crippen LogP contribution in [-0.2, 0) is 43.4 Å². The number of hydrogen-bond acceptors (Lipinski definition) is 5. The first-order chi connectivity index (χ1) is 24.0. The van der Waals surface area contributed by atoms with Crippen LogP contribution in [0, 0.1) is 11.3 Å². The lowest BCUT2D eigenvalue weighted by Gasteiger charge is -2.42. The van der Waals surface area contributed by atoms with Crippen LogP contribution < -0.4 is 16.0 Å². The highest BCUT2D eigenvalue weighted by Crippen LogP contribution is 2.46. The lowest BCUT2D eigenvalue weighted by Crippen LogP contribution is -2.62. The Kier molecular flexibility index (Phi) is 11.4. The van der Waals surface area contributed by atoms with Crippen LogP contribution in [0.2, 0.25) is 0 Å². The van der Waals surface area contributed by atoms with E-state index in [2.05, 4.69) is 10.6 Å². The monoisotopic (exact) mass is 740 g/mol. The summed E-state index contributed by atoms with van der Waals surface area (Å²) in [7, 11) is 0. The molecule has 4 amide bonds. The van der Waals surface area contributed by atoms with Crippen LogP contribution in [0.5, 0.6) is 0 Å². The normalized spacial score (nSPS) is 19.0. The summed E-state index contributed by atoms with van der Waals surface area (Å²) in [6, 6.07) is 8.41. The Morgan fingerprint density at radius 1 is 0.923 bits per heavy atom. The van der Waals surface area contributed by atoms with Crippen molar-refractivity contribution in [1.29, 1.82) is 0 Å². The molecule has 1 heterocycles. The molecule has 4 rings (SSSR count). The van der Waals surface area contributed by atoms with Gasteiger partial charge in [0, 0.05) is 24.6 Å². The molecule has 2 aromatic rings. The highest BCUT2D eigenvalue weighted by atomic mass is 19.3. The van der Waals surface area contributed by atoms with Crippen LogP contribution in [0.4, 0.5) is 32.0 Å². The number of hydrogen-bond donors (Lipinski definition) is 4. The average Bonchev–Trinajstić information content (AvgIpc) is 3.08. The number of amides is 4. The summed E-state index contributed by atoms with van der Waals surface area (Å²) in [5.41, 5.74) is 1.22. The van der Waals surface area contributed by atoms with E-state index >= 15 is 0 Å². The molecule has 0 spiro atoms. The number of anilines is 1. The van der Waals surface area contributed by atoms with Crippen molar-refractivity contribution in [2.75, 3.05) is 5.32 Å². The Hall–Kier alpha value is -4.63. The van der Waals surface area contributed by atoms with Gasteiger partial charge in [-0.2, -0.15) is 26.3 Å². The number of nitrogens with zero attached hydrogens (tertiary/aromatic N) is 1. The van der Waals surface area contributed by atoms with E-state index in [1.165, 1.54) is 16.3 Å². The van der Waals surface area contributed by atoms with Crippen LogP contribution in [-0.4, -0.2) is 69.5 Å². The number of rotatable bonds is 11. The number of fused-ring (bicyclic) bond motifs is 2. The Morgan fingerprint density at radius 3 is 2.19 bits per heavy atom. The largest absolute Gasteiger partial charge is 0.477 e. The maximum absolute atomic E-state index is 14.4. The summed E-state index contributed by atoms with van der Waals surface area (Å²) in [4.78, 5) is 65.6. The Morgan fingerprint density at radius 2 is 1.58 bits per heavy atom. The molecule has 0 bridgehead atoms. The van der Waals surface area contributed by atoms with Gasteiger partial charge in [0.2, 0.25) is 17.7 Å². The summed E-state index contributed by atoms with van der Waals surface area (Å²) in [6.45, 7) is 8.29. The Bertz CT molecular complexity index is 1730. The van der Waals surface area contributed by atoms with Gasteiger partial charge < -0.3 is 26.0 Å². The van der Waals surface area contributed by atoms with Gasteiger partial charge in [0.15, 0.2) is 0 Å². The molecule has 4 atom stereocenters. The molecule has 0 saturated heterocycles. The molecule has 0 radical (unpaired) electrons. The lowest BCUT2D eigenvalue weighted by atomic mass is 9.83. The molecule has 52 heavy (non-hydrogen) atoms. The van der Waals surface area contributed by atoms with Gasteiger partial charge in [-0.25, -0.2) is 4.79 Å². The zero-order valence-electron chi connectivity index (χ0n) is 29.3. The lowest BCUT2D eigenvalue weighted by molar-refractivity contribution is -0.291. The Balaban J connectivity index is 1.69. The fourth-order valence-corrected chi connectivity index (χ4v) is 6.27. The summed E-state index contributed by atoms with van der Waals surface area (Å²) in [6.07, 6.45) is 2.65. The van der Waals surface area contributed by atoms with Crippen molar-refractivity contribution < 1.29 is 55.4 Å². The third kappa shape index (κ3) is 7.75. The molecular weight excluding hydrogens is 698 g/mol. The smallest absolute Gasteiger partial charge is 0.411 e. The highest BCUT2D eigenvalue weighted by Gasteiger charge is 2.78. The van der Waals surface area contributed by atoms with Gasteiger partial charge in [-0.3, -0.25) is 19.2 Å². The van der Waals surface area contributed by atoms with Gasteiger partial charge in [0.05, 0.1) is 6.04 Å². The highest BCUT2D eigenvalue weighted by molar-refractivity contribution is 5.98. The second-order valence-corrected chi connectivity index (χ2v) is 14.4. The van der Waals surface area contributed by atoms with E-state index in [-0.39, 0.29) is 24.6 Å². The van der Waals surface area contributed by atoms with Crippen molar-refractivity contribution in [3.05, 3.63) is 64.7 Å². The average molecular weight is 741 g/mol. The Labute approximate surface area is 296 Å². The number of carbonyl (C=O) groups excluding carboxylic acids is 4. The summed E-state index contributed by atoms with van der Waals surface area (Å²) >= 11 is 0. The number of carbonyl (C=O) groups is 5. The van der Waals surface area contributed by atoms with E-state index in [9.17, 15) is 50.3 Å². The van der Waals surface area contributed by atoms with Gasteiger partial charge >= 0.3 is 29.6 Å². The zero-order valence-corrected chi connectivity index (χ0v) is 29.3. The van der Waals surface area contributed by atoms with Gasteiger partial charge in [0.1, 0.15) is 12.1 Å². The van der Waals surface area contributed by atoms with E-state index in [0.29, 0.717) is 18.4 Å². The summed E-state index contributed by atoms with van der Waals surface area (Å²) in [5, 5.41) is 15.7. The predicted octanol–water partition coefficient (Wildman–Crippen LogP) is 5.64. The molecule has 1 aliphatic heterocycles. The van der Waals surface area contributed by atoms with Crippen molar-refractivity contribution in [1.82, 2.24) is 15.5 Å². The fourth-order valence-electron chi connectivity index (χ4n) is 6.27. The maximum Gasteiger partial charge on any atom is 0.411 e. The zero-order chi connectivity index (χ0) is 39.0. The quantitative estimate of drug-likeness (QED) is 0.220. The van der Waals surface area contributed by atoms with Gasteiger partial charge in [-0.05, 0) is 65.5 Å². The number of carboxylic acid groups (broad SMARTS) is 1. The van der Waals surface area contributed by atoms with Gasteiger partial charge in [0.25, 0.3) is 0 Å². The fraction of sp³-hybridized carbons (Fsp3) is 0.528. The number of aryl methyl sites for hydroxylation is 1. The maximum atomic E-state index is 14.4. The van der Waals surface area contributed by atoms with Gasteiger partial charge in [-0.15, -0.1) is 0 Å². The molecule has 2 aliphatic rings. The summed E-state index contributed by atoms with van der Waals surface area (Å²) < 4.78 is 84.1. The van der Waals surface area contributed by atoms with Crippen LogP contribution in [0.15, 0.2) is 42.5 Å². The van der Waals surface area contributed by atoms with Gasteiger partial charge in [-0.1, -0.05) is 65.0 Å². The second kappa shape index (κ2) is 14.8. The van der Waals surface area contributed by atoms with Crippen LogP contribution in [0.25, 0.3) is 0 Å². The third-order valence-electron chi connectivity index (χ3n) is 9.67. The van der Waals surface area contributed by atoms with E-state index < -0.39 is 76.5 Å². The van der Waals surface area contributed by atoms with Crippen molar-refractivity contribution in [3.63, 3.8) is 0 Å². The van der Waals surface area contributed by atoms with Crippen molar-refractivity contribution >= 4 is 35.3 Å². The first kappa shape index (κ1) is 40.1. The molecule has 0 saturated carbocycles. The SMILES string of the molecule is CC[C@@H](C)C(=O)N[C@H](C(=O)N1Cc2cc(NC(=O)C(F)(F)C(F)(F)C(F)(F)C(=O)O)ccc2C[C@H]1C(=O)NC1CCCc2ccccc21)C(C)(C)C. The number of carboxylic acids is 1. The number of nitrogens with one attached hydrogen (secondary N) is 3. The first-order valence-electron chi connectivity index (χ1n) is 16.8. The molecule has 0 aromatic heterocycles. The standard InChI is InChI=1S/C36H42F6N4O6/c1-6-19(2)28(47)45-27(33(3,4)5)30(49)46-18-22-16-23(43-31(50)34(37,38)36(41,42)35(39,40)32(51)52)15-14-21(22)17-26(46)29(48)44-25-13-9-11-20-10-7-8-12-24(20)25/h7-8,10,12,14-16,19,25-27H,6,9,11,13,17-18H2,1-5H3,(H,43,50)(H,44,48)(H,45,47)(H,51,52)/t19-,25?,26+,27-/m1/s1. The van der Waals surface area contributed by atoms with E-state index in [0.717, 1.165) is 36.1 Å². The number of halogens is 6. The molecule has 4 N–H and O–H groups in total. The number of alkyl halides is 6. The van der Waals surface area contributed by atoms with Crippen LogP contribution in [0.1, 0.15) is 82.2 Å². The van der Waals surface area contributed by atoms with E-state index in [4.69, 9.17) is 5.11 Å². The third-order valence-corrected chi connectivity index (χ3v) is 9.67. The predicted molar refractivity (Wildman–Crippen MR) is 177 cm³/mol. The van der Waals surface area contributed by atoms with Crippen LogP contribution in [0.3, 0.4) is 0 Å². The minimum absolute atomic E-state index is 0.106. The number of aliphatic carboxylic acids is 1.